The van der Waals surface area contributed by atoms with Crippen molar-refractivity contribution in [2.24, 2.45) is 0 Å². The van der Waals surface area contributed by atoms with Crippen LogP contribution in [0.5, 0.6) is 0 Å². The average Bonchev–Trinajstić information content (AvgIpc) is 1.81. The molecule has 0 saturated heterocycles. The molecule has 0 radical (unpaired) electrons. The number of rotatable bonds is 5. The maximum Gasteiger partial charge on any atom is 0.145 e. The fraction of sp³-hybridized carbons (Fsp3) is 0.800. The minimum atomic E-state index is 0.237. The molecule has 0 aliphatic carbocycles. The Labute approximate surface area is 53.6 Å². The monoisotopic (exact) mass is 134 g/mol. The molecule has 0 saturated carbocycles. The van der Waals surface area contributed by atoms with E-state index in [9.17, 15) is 4.79 Å². The Morgan fingerprint density at radius 1 is 1.75 bits per heavy atom. The summed E-state index contributed by atoms with van der Waals surface area (Å²) in [7, 11) is 0. The van der Waals surface area contributed by atoms with Crippen molar-refractivity contribution in [3.05, 3.63) is 0 Å². The molecule has 0 aromatic carbocycles. The molecule has 3 heteroatoms. The maximum absolute atomic E-state index is 9.64. The molecule has 0 aromatic heterocycles. The Hall–Kier alpha value is -0.0200. The smallest absolute Gasteiger partial charge is 0.145 e. The Morgan fingerprint density at radius 3 is 3.00 bits per heavy atom. The number of hydrogen-bond acceptors (Lipinski definition) is 3. The van der Waals surface area contributed by atoms with Crippen LogP contribution in [0.15, 0.2) is 0 Å². The number of thioether (sulfide) groups is 1. The van der Waals surface area contributed by atoms with Crippen LogP contribution in [-0.2, 0) is 9.53 Å². The van der Waals surface area contributed by atoms with E-state index in [0.717, 1.165) is 12.0 Å². The third-order valence-corrected chi connectivity index (χ3v) is 1.19. The van der Waals surface area contributed by atoms with Crippen LogP contribution in [0.1, 0.15) is 0 Å². The van der Waals surface area contributed by atoms with Crippen LogP contribution < -0.4 is 0 Å². The van der Waals surface area contributed by atoms with Crippen molar-refractivity contribution in [2.45, 2.75) is 0 Å². The van der Waals surface area contributed by atoms with E-state index >= 15 is 0 Å². The van der Waals surface area contributed by atoms with Gasteiger partial charge in [0.15, 0.2) is 0 Å². The van der Waals surface area contributed by atoms with Gasteiger partial charge >= 0.3 is 0 Å². The Balaban J connectivity index is 2.62. The summed E-state index contributed by atoms with van der Waals surface area (Å²) < 4.78 is 4.83. The third kappa shape index (κ3) is 5.98. The largest absolute Gasteiger partial charge is 0.373 e. The summed E-state index contributed by atoms with van der Waals surface area (Å²) in [5, 5.41) is 0. The summed E-state index contributed by atoms with van der Waals surface area (Å²) in [6.45, 7) is 0.917. The molecule has 0 N–H and O–H groups in total. The summed E-state index contributed by atoms with van der Waals surface area (Å²) in [5.74, 6) is 0.966. The van der Waals surface area contributed by atoms with E-state index in [4.69, 9.17) is 4.74 Å². The Bertz CT molecular complexity index is 56.4. The Morgan fingerprint density at radius 2 is 2.50 bits per heavy atom. The van der Waals surface area contributed by atoms with Gasteiger partial charge in [-0.25, -0.2) is 0 Å². The van der Waals surface area contributed by atoms with Crippen LogP contribution in [-0.4, -0.2) is 31.5 Å². The highest BCUT2D eigenvalue weighted by Crippen LogP contribution is 1.88. The van der Waals surface area contributed by atoms with Crippen molar-refractivity contribution >= 4 is 18.0 Å². The molecule has 0 fully saturated rings. The average molecular weight is 134 g/mol. The van der Waals surface area contributed by atoms with Crippen molar-refractivity contribution in [1.29, 1.82) is 0 Å². The molecule has 0 aromatic rings. The molecule has 0 rings (SSSR count). The van der Waals surface area contributed by atoms with E-state index in [2.05, 4.69) is 0 Å². The lowest BCUT2D eigenvalue weighted by molar-refractivity contribution is -0.111. The first-order valence-electron chi connectivity index (χ1n) is 2.42. The van der Waals surface area contributed by atoms with E-state index in [1.807, 2.05) is 6.26 Å². The molecule has 48 valence electrons. The SMILES string of the molecule is CSCCOCC=O. The van der Waals surface area contributed by atoms with Crippen LogP contribution in [0.25, 0.3) is 0 Å². The van der Waals surface area contributed by atoms with Gasteiger partial charge in [-0.3, -0.25) is 0 Å². The zero-order valence-corrected chi connectivity index (χ0v) is 5.74. The molecule has 8 heavy (non-hydrogen) atoms. The molecule has 0 heterocycles. The normalized spacial score (nSPS) is 9.12. The summed E-state index contributed by atoms with van der Waals surface area (Å²) in [6, 6.07) is 0. The second-order valence-corrected chi connectivity index (χ2v) is 2.22. The van der Waals surface area contributed by atoms with Crippen LogP contribution in [0.4, 0.5) is 0 Å². The molecule has 0 aliphatic rings. The van der Waals surface area contributed by atoms with Gasteiger partial charge in [0.05, 0.1) is 6.61 Å². The molecular weight excluding hydrogens is 124 g/mol. The fourth-order valence-corrected chi connectivity index (χ4v) is 0.558. The fourth-order valence-electron chi connectivity index (χ4n) is 0.274. The number of aldehydes is 1. The van der Waals surface area contributed by atoms with Crippen molar-refractivity contribution in [2.75, 3.05) is 25.2 Å². The Kier molecular flexibility index (Phi) is 6.96. The summed E-state index contributed by atoms with van der Waals surface area (Å²) in [6.07, 6.45) is 2.77. The topological polar surface area (TPSA) is 26.3 Å². The number of carbonyl (C=O) groups is 1. The van der Waals surface area contributed by atoms with Gasteiger partial charge in [-0.05, 0) is 6.26 Å². The lowest BCUT2D eigenvalue weighted by atomic mass is 10.8. The van der Waals surface area contributed by atoms with Gasteiger partial charge in [-0.2, -0.15) is 11.8 Å². The second-order valence-electron chi connectivity index (χ2n) is 1.23. The lowest BCUT2D eigenvalue weighted by Crippen LogP contribution is -1.98. The van der Waals surface area contributed by atoms with E-state index < -0.39 is 0 Å². The maximum atomic E-state index is 9.64. The van der Waals surface area contributed by atoms with Gasteiger partial charge in [-0.15, -0.1) is 0 Å². The summed E-state index contributed by atoms with van der Waals surface area (Å²) in [5.41, 5.74) is 0. The van der Waals surface area contributed by atoms with Gasteiger partial charge in [0.2, 0.25) is 0 Å². The predicted molar refractivity (Wildman–Crippen MR) is 35.3 cm³/mol. The minimum Gasteiger partial charge on any atom is -0.373 e. The van der Waals surface area contributed by atoms with Crippen molar-refractivity contribution in [1.82, 2.24) is 0 Å². The number of ether oxygens (including phenoxy) is 1. The van der Waals surface area contributed by atoms with Crippen LogP contribution in [0.2, 0.25) is 0 Å². The highest BCUT2D eigenvalue weighted by Gasteiger charge is 1.81. The molecule has 2 nitrogen and oxygen atoms in total. The van der Waals surface area contributed by atoms with Gasteiger partial charge in [0.25, 0.3) is 0 Å². The molecule has 0 bridgehead atoms. The molecule has 0 spiro atoms. The first-order chi connectivity index (χ1) is 3.91. The summed E-state index contributed by atoms with van der Waals surface area (Å²) >= 11 is 1.71. The summed E-state index contributed by atoms with van der Waals surface area (Å²) in [4.78, 5) is 9.64. The van der Waals surface area contributed by atoms with Gasteiger partial charge in [0.1, 0.15) is 12.9 Å². The number of hydrogen-bond donors (Lipinski definition) is 0. The molecule has 0 unspecified atom stereocenters. The van der Waals surface area contributed by atoms with Gasteiger partial charge < -0.3 is 9.53 Å². The zero-order chi connectivity index (χ0) is 6.24. The standard InChI is InChI=1S/C5H10O2S/c1-8-5-4-7-3-2-6/h2H,3-5H2,1H3. The van der Waals surface area contributed by atoms with Crippen molar-refractivity contribution < 1.29 is 9.53 Å². The predicted octanol–water partition coefficient (Wildman–Crippen LogP) is 0.565. The second kappa shape index (κ2) is 6.98. The highest BCUT2D eigenvalue weighted by atomic mass is 32.2. The minimum absolute atomic E-state index is 0.237. The molecule has 0 amide bonds. The van der Waals surface area contributed by atoms with E-state index in [1.165, 1.54) is 0 Å². The highest BCUT2D eigenvalue weighted by molar-refractivity contribution is 7.98. The first-order valence-corrected chi connectivity index (χ1v) is 3.81. The van der Waals surface area contributed by atoms with Gasteiger partial charge in [-0.1, -0.05) is 0 Å². The first kappa shape index (κ1) is 7.98. The van der Waals surface area contributed by atoms with E-state index in [1.54, 1.807) is 11.8 Å². The van der Waals surface area contributed by atoms with Crippen molar-refractivity contribution in [3.8, 4) is 0 Å². The zero-order valence-electron chi connectivity index (χ0n) is 4.92. The van der Waals surface area contributed by atoms with Crippen LogP contribution in [0.3, 0.4) is 0 Å². The quantitative estimate of drug-likeness (QED) is 0.406. The van der Waals surface area contributed by atoms with Crippen LogP contribution >= 0.6 is 11.8 Å². The van der Waals surface area contributed by atoms with Crippen LogP contribution in [0, 0.1) is 0 Å². The van der Waals surface area contributed by atoms with E-state index in [-0.39, 0.29) is 6.61 Å². The lowest BCUT2D eigenvalue weighted by Gasteiger charge is -1.94. The molecule has 0 aliphatic heterocycles. The van der Waals surface area contributed by atoms with E-state index in [0.29, 0.717) is 6.61 Å². The van der Waals surface area contributed by atoms with Crippen molar-refractivity contribution in [3.63, 3.8) is 0 Å². The molecule has 0 atom stereocenters. The van der Waals surface area contributed by atoms with Gasteiger partial charge in [0, 0.05) is 5.75 Å². The molecular formula is C5H10O2S. The number of carbonyl (C=O) groups excluding carboxylic acids is 1. The third-order valence-electron chi connectivity index (χ3n) is 0.618.